The number of para-hydroxylation sites is 2. The Bertz CT molecular complexity index is 1110. The van der Waals surface area contributed by atoms with Crippen molar-refractivity contribution < 1.29 is 9.13 Å². The molecule has 1 N–H and O–H groups in total. The highest BCUT2D eigenvalue weighted by atomic mass is 35.5. The molecular formula is C20H16ClFN4OS2. The van der Waals surface area contributed by atoms with Crippen molar-refractivity contribution in [3.63, 3.8) is 0 Å². The third-order valence-corrected chi connectivity index (χ3v) is 6.02. The van der Waals surface area contributed by atoms with Crippen LogP contribution >= 0.6 is 34.9 Å². The fourth-order valence-electron chi connectivity index (χ4n) is 2.75. The van der Waals surface area contributed by atoms with Crippen LogP contribution in [0.5, 0.6) is 5.75 Å². The van der Waals surface area contributed by atoms with Gasteiger partial charge in [-0.25, -0.2) is 0 Å². The van der Waals surface area contributed by atoms with Crippen molar-refractivity contribution >= 4 is 40.8 Å². The molecule has 2 aromatic heterocycles. The van der Waals surface area contributed by atoms with Gasteiger partial charge in [-0.05, 0) is 53.9 Å². The lowest BCUT2D eigenvalue weighted by molar-refractivity contribution is 0.413. The maximum Gasteiger partial charge on any atom is 0.239 e. The molecule has 148 valence electrons. The highest BCUT2D eigenvalue weighted by Gasteiger charge is 2.20. The van der Waals surface area contributed by atoms with E-state index in [9.17, 15) is 4.39 Å². The van der Waals surface area contributed by atoms with Gasteiger partial charge in [0.25, 0.3) is 0 Å². The van der Waals surface area contributed by atoms with Crippen LogP contribution in [0.2, 0.25) is 5.02 Å². The Balaban J connectivity index is 1.66. The van der Waals surface area contributed by atoms with E-state index in [-0.39, 0.29) is 5.13 Å². The van der Waals surface area contributed by atoms with Crippen molar-refractivity contribution in [3.05, 3.63) is 76.4 Å². The van der Waals surface area contributed by atoms with E-state index < -0.39 is 0 Å². The molecule has 0 amide bonds. The van der Waals surface area contributed by atoms with Crippen molar-refractivity contribution in [1.82, 2.24) is 14.8 Å². The maximum absolute atomic E-state index is 13.6. The van der Waals surface area contributed by atoms with E-state index in [0.29, 0.717) is 33.2 Å². The molecule has 0 bridgehead atoms. The number of ether oxygens (including phenoxy) is 1. The lowest BCUT2D eigenvalue weighted by Crippen LogP contribution is -2.04. The number of thiophene rings is 1. The van der Waals surface area contributed by atoms with Crippen LogP contribution in [-0.2, 0) is 5.75 Å². The number of nitrogens with zero attached hydrogens (tertiary/aromatic N) is 3. The Labute approximate surface area is 180 Å². The van der Waals surface area contributed by atoms with Crippen molar-refractivity contribution in [2.45, 2.75) is 5.75 Å². The molecule has 0 fully saturated rings. The van der Waals surface area contributed by atoms with Gasteiger partial charge >= 0.3 is 0 Å². The largest absolute Gasteiger partial charge is 0.495 e. The predicted molar refractivity (Wildman–Crippen MR) is 118 cm³/mol. The average molecular weight is 447 g/mol. The average Bonchev–Trinajstić information content (AvgIpc) is 3.35. The molecule has 5 nitrogen and oxygen atoms in total. The summed E-state index contributed by atoms with van der Waals surface area (Å²) in [5.41, 5.74) is 1.88. The molecule has 2 aromatic carbocycles. The normalized spacial score (nSPS) is 10.9. The van der Waals surface area contributed by atoms with Crippen molar-refractivity contribution in [2.75, 3.05) is 11.8 Å². The number of halogens is 2. The van der Waals surface area contributed by atoms with Crippen molar-refractivity contribution in [3.8, 4) is 22.1 Å². The van der Waals surface area contributed by atoms with Crippen LogP contribution in [0.4, 0.5) is 10.3 Å². The Morgan fingerprint density at radius 1 is 1.10 bits per heavy atom. The summed E-state index contributed by atoms with van der Waals surface area (Å²) < 4.78 is 24.2. The molecule has 9 heteroatoms. The fraction of sp³-hybridized carbons (Fsp3) is 0.100. The first-order chi connectivity index (χ1) is 14.2. The smallest absolute Gasteiger partial charge is 0.239 e. The second-order valence-electron chi connectivity index (χ2n) is 5.98. The van der Waals surface area contributed by atoms with Gasteiger partial charge in [0.2, 0.25) is 5.95 Å². The molecule has 2 heterocycles. The lowest BCUT2D eigenvalue weighted by Gasteiger charge is -2.14. The number of hydrogen-bond donors (Lipinski definition) is 1. The minimum atomic E-state index is -0.277. The number of aromatic nitrogens is 3. The molecule has 0 spiro atoms. The number of benzene rings is 2. The van der Waals surface area contributed by atoms with Crippen LogP contribution in [0.15, 0.2) is 60.7 Å². The summed E-state index contributed by atoms with van der Waals surface area (Å²) in [6.07, 6.45) is 0. The molecule has 0 aliphatic carbocycles. The summed E-state index contributed by atoms with van der Waals surface area (Å²) in [4.78, 5) is 0.677. The molecule has 0 aliphatic heterocycles. The molecule has 4 rings (SSSR count). The number of anilines is 1. The van der Waals surface area contributed by atoms with E-state index in [1.165, 1.54) is 18.0 Å². The second kappa shape index (κ2) is 8.86. The monoisotopic (exact) mass is 446 g/mol. The standard InChI is InChI=1S/C20H16ClFN4OS2/c1-27-16-5-3-2-4-15(16)26-19(17-10-11-18(22)29-17)23-24-20(26)25-28-12-13-6-8-14(21)9-7-13/h2-11H,12H2,1H3,(H,24,25). The number of nitrogens with one attached hydrogen (secondary N) is 1. The van der Waals surface area contributed by atoms with Gasteiger partial charge in [-0.15, -0.1) is 21.5 Å². The molecular weight excluding hydrogens is 431 g/mol. The molecule has 0 radical (unpaired) electrons. The quantitative estimate of drug-likeness (QED) is 0.350. The predicted octanol–water partition coefficient (Wildman–Crippen LogP) is 6.06. The highest BCUT2D eigenvalue weighted by Crippen LogP contribution is 2.34. The van der Waals surface area contributed by atoms with Crippen molar-refractivity contribution in [2.24, 2.45) is 0 Å². The zero-order chi connectivity index (χ0) is 20.2. The van der Waals surface area contributed by atoms with Gasteiger partial charge in [-0.3, -0.25) is 9.29 Å². The fourth-order valence-corrected chi connectivity index (χ4v) is 4.28. The number of methoxy groups -OCH3 is 1. The minimum Gasteiger partial charge on any atom is -0.495 e. The van der Waals surface area contributed by atoms with E-state index in [4.69, 9.17) is 16.3 Å². The molecule has 0 atom stereocenters. The molecule has 29 heavy (non-hydrogen) atoms. The molecule has 0 aliphatic rings. The van der Waals surface area contributed by atoms with Crippen LogP contribution in [-0.4, -0.2) is 21.9 Å². The summed E-state index contributed by atoms with van der Waals surface area (Å²) in [5.74, 6) is 2.44. The Morgan fingerprint density at radius 2 is 1.90 bits per heavy atom. The van der Waals surface area contributed by atoms with E-state index >= 15 is 0 Å². The molecule has 4 aromatic rings. The zero-order valence-electron chi connectivity index (χ0n) is 15.3. The first-order valence-electron chi connectivity index (χ1n) is 8.62. The lowest BCUT2D eigenvalue weighted by atomic mass is 10.2. The Hall–Kier alpha value is -2.55. The molecule has 0 saturated carbocycles. The Kier molecular flexibility index (Phi) is 6.03. The first kappa shape index (κ1) is 19.8. The van der Waals surface area contributed by atoms with Crippen LogP contribution < -0.4 is 9.46 Å². The number of rotatable bonds is 7. The molecule has 0 unspecified atom stereocenters. The first-order valence-corrected chi connectivity index (χ1v) is 10.8. The SMILES string of the molecule is COc1ccccc1-n1c(NSCc2ccc(Cl)cc2)nnc1-c1ccc(F)s1. The summed E-state index contributed by atoms with van der Waals surface area (Å²) >= 11 is 8.43. The second-order valence-corrected chi connectivity index (χ2v) is 8.23. The van der Waals surface area contributed by atoms with Gasteiger partial charge in [-0.1, -0.05) is 35.9 Å². The van der Waals surface area contributed by atoms with Crippen LogP contribution in [0.1, 0.15) is 5.56 Å². The van der Waals surface area contributed by atoms with Gasteiger partial charge in [0.15, 0.2) is 11.0 Å². The van der Waals surface area contributed by atoms with E-state index in [2.05, 4.69) is 14.9 Å². The van der Waals surface area contributed by atoms with Crippen LogP contribution in [0, 0.1) is 5.13 Å². The molecule has 0 saturated heterocycles. The topological polar surface area (TPSA) is 52.0 Å². The highest BCUT2D eigenvalue weighted by molar-refractivity contribution is 7.99. The van der Waals surface area contributed by atoms with Gasteiger partial charge in [0.1, 0.15) is 5.75 Å². The summed E-state index contributed by atoms with van der Waals surface area (Å²) in [7, 11) is 1.61. The third kappa shape index (κ3) is 4.39. The van der Waals surface area contributed by atoms with Crippen LogP contribution in [0.25, 0.3) is 16.4 Å². The zero-order valence-corrected chi connectivity index (χ0v) is 17.7. The Morgan fingerprint density at radius 3 is 2.62 bits per heavy atom. The van der Waals surface area contributed by atoms with Gasteiger partial charge < -0.3 is 4.74 Å². The summed E-state index contributed by atoms with van der Waals surface area (Å²) in [6, 6.07) is 18.3. The van der Waals surface area contributed by atoms with Gasteiger partial charge in [0, 0.05) is 10.8 Å². The van der Waals surface area contributed by atoms with Crippen molar-refractivity contribution in [1.29, 1.82) is 0 Å². The summed E-state index contributed by atoms with van der Waals surface area (Å²) in [5, 5.41) is 9.01. The van der Waals surface area contributed by atoms with Gasteiger partial charge in [0.05, 0.1) is 17.7 Å². The number of hydrogen-bond acceptors (Lipinski definition) is 6. The third-order valence-electron chi connectivity index (χ3n) is 4.10. The minimum absolute atomic E-state index is 0.277. The maximum atomic E-state index is 13.6. The van der Waals surface area contributed by atoms with Crippen LogP contribution in [0.3, 0.4) is 0 Å². The van der Waals surface area contributed by atoms with E-state index in [1.54, 1.807) is 13.2 Å². The van der Waals surface area contributed by atoms with Gasteiger partial charge in [-0.2, -0.15) is 4.39 Å². The van der Waals surface area contributed by atoms with E-state index in [0.717, 1.165) is 22.6 Å². The summed E-state index contributed by atoms with van der Waals surface area (Å²) in [6.45, 7) is 0. The van der Waals surface area contributed by atoms with E-state index in [1.807, 2.05) is 53.1 Å².